The summed E-state index contributed by atoms with van der Waals surface area (Å²) >= 11 is 0. The number of nitrogens with one attached hydrogen (secondary N) is 1. The number of esters is 1. The molecule has 1 N–H and O–H groups in total. The van der Waals surface area contributed by atoms with Crippen molar-refractivity contribution in [2.24, 2.45) is 0 Å². The van der Waals surface area contributed by atoms with E-state index >= 15 is 0 Å². The molecule has 2 unspecified atom stereocenters. The van der Waals surface area contributed by atoms with Crippen LogP contribution in [0.15, 0.2) is 30.3 Å². The van der Waals surface area contributed by atoms with Gasteiger partial charge in [-0.1, -0.05) is 36.8 Å². The lowest BCUT2D eigenvalue weighted by molar-refractivity contribution is -0.145. The summed E-state index contributed by atoms with van der Waals surface area (Å²) in [7, 11) is 0. The number of hydrogen-bond acceptors (Lipinski definition) is 3. The summed E-state index contributed by atoms with van der Waals surface area (Å²) in [5.74, 6) is -0.283. The lowest BCUT2D eigenvalue weighted by Crippen LogP contribution is -2.42. The van der Waals surface area contributed by atoms with Crippen LogP contribution in [0.4, 0.5) is 0 Å². The van der Waals surface area contributed by atoms with Crippen molar-refractivity contribution < 1.29 is 9.53 Å². The molecule has 1 saturated heterocycles. The maximum absolute atomic E-state index is 12.2. The summed E-state index contributed by atoms with van der Waals surface area (Å²) in [6, 6.07) is 10.2. The normalized spacial score (nSPS) is 20.2. The van der Waals surface area contributed by atoms with Gasteiger partial charge >= 0.3 is 5.97 Å². The maximum Gasteiger partial charge on any atom is 0.315 e. The van der Waals surface area contributed by atoms with E-state index in [4.69, 9.17) is 4.74 Å². The van der Waals surface area contributed by atoms with E-state index in [0.29, 0.717) is 6.61 Å². The second-order valence-electron chi connectivity index (χ2n) is 4.70. The predicted octanol–water partition coefficient (Wildman–Crippen LogP) is 2.90. The topological polar surface area (TPSA) is 38.3 Å². The van der Waals surface area contributed by atoms with Gasteiger partial charge in [0, 0.05) is 6.04 Å². The SMILES string of the molecule is CCOC(=O)C(c1ccccc1)C1CCCCN1.Cl. The minimum atomic E-state index is -0.175. The van der Waals surface area contributed by atoms with Gasteiger partial charge in [0.25, 0.3) is 0 Å². The monoisotopic (exact) mass is 283 g/mol. The van der Waals surface area contributed by atoms with Crippen LogP contribution >= 0.6 is 12.4 Å². The molecule has 1 heterocycles. The number of ether oxygens (including phenoxy) is 1. The van der Waals surface area contributed by atoms with Gasteiger partial charge in [0.15, 0.2) is 0 Å². The Morgan fingerprint density at radius 3 is 2.68 bits per heavy atom. The molecule has 2 rings (SSSR count). The van der Waals surface area contributed by atoms with Crippen LogP contribution in [0, 0.1) is 0 Å². The Labute approximate surface area is 121 Å². The van der Waals surface area contributed by atoms with E-state index in [-0.39, 0.29) is 30.3 Å². The molecular weight excluding hydrogens is 262 g/mol. The Hall–Kier alpha value is -1.06. The Kier molecular flexibility index (Phi) is 6.89. The number of halogens is 1. The molecule has 0 amide bonds. The molecule has 0 saturated carbocycles. The number of benzene rings is 1. The molecule has 1 aromatic rings. The first-order chi connectivity index (χ1) is 8.83. The molecule has 0 bridgehead atoms. The van der Waals surface area contributed by atoms with E-state index < -0.39 is 0 Å². The van der Waals surface area contributed by atoms with Gasteiger partial charge in [-0.15, -0.1) is 12.4 Å². The van der Waals surface area contributed by atoms with Crippen LogP contribution in [0.25, 0.3) is 0 Å². The van der Waals surface area contributed by atoms with Gasteiger partial charge in [-0.2, -0.15) is 0 Å². The number of rotatable bonds is 4. The van der Waals surface area contributed by atoms with E-state index in [9.17, 15) is 4.79 Å². The average molecular weight is 284 g/mol. The zero-order valence-electron chi connectivity index (χ0n) is 11.3. The van der Waals surface area contributed by atoms with Gasteiger partial charge in [0.05, 0.1) is 12.5 Å². The van der Waals surface area contributed by atoms with Crippen LogP contribution in [0.2, 0.25) is 0 Å². The van der Waals surface area contributed by atoms with Gasteiger partial charge in [0.2, 0.25) is 0 Å². The van der Waals surface area contributed by atoms with Gasteiger partial charge in [-0.05, 0) is 31.9 Å². The van der Waals surface area contributed by atoms with Crippen molar-refractivity contribution >= 4 is 18.4 Å². The standard InChI is InChI=1S/C15H21NO2.ClH/c1-2-18-15(17)14(12-8-4-3-5-9-12)13-10-6-7-11-16-13;/h3-5,8-9,13-14,16H,2,6-7,10-11H2,1H3;1H. The Morgan fingerprint density at radius 2 is 2.11 bits per heavy atom. The molecule has 1 fully saturated rings. The average Bonchev–Trinajstić information content (AvgIpc) is 2.42. The molecule has 1 aromatic carbocycles. The second-order valence-corrected chi connectivity index (χ2v) is 4.70. The smallest absolute Gasteiger partial charge is 0.315 e. The first-order valence-electron chi connectivity index (χ1n) is 6.78. The quantitative estimate of drug-likeness (QED) is 0.864. The molecule has 0 aliphatic carbocycles. The molecular formula is C15H22ClNO2. The van der Waals surface area contributed by atoms with Crippen molar-refractivity contribution in [1.29, 1.82) is 0 Å². The zero-order valence-corrected chi connectivity index (χ0v) is 12.1. The van der Waals surface area contributed by atoms with Crippen LogP contribution in [0.5, 0.6) is 0 Å². The fourth-order valence-electron chi connectivity index (χ4n) is 2.59. The van der Waals surface area contributed by atoms with Crippen LogP contribution in [-0.4, -0.2) is 25.2 Å². The van der Waals surface area contributed by atoms with Crippen molar-refractivity contribution in [1.82, 2.24) is 5.32 Å². The van der Waals surface area contributed by atoms with E-state index in [1.165, 1.54) is 12.8 Å². The first kappa shape index (κ1) is 16.0. The Morgan fingerprint density at radius 1 is 1.37 bits per heavy atom. The molecule has 19 heavy (non-hydrogen) atoms. The third-order valence-electron chi connectivity index (χ3n) is 3.45. The van der Waals surface area contributed by atoms with E-state index in [2.05, 4.69) is 5.32 Å². The van der Waals surface area contributed by atoms with E-state index in [1.807, 2.05) is 37.3 Å². The predicted molar refractivity (Wildman–Crippen MR) is 78.7 cm³/mol. The highest BCUT2D eigenvalue weighted by Crippen LogP contribution is 2.26. The van der Waals surface area contributed by atoms with Crippen molar-refractivity contribution in [2.75, 3.05) is 13.2 Å². The molecule has 0 aromatic heterocycles. The second kappa shape index (κ2) is 8.18. The summed E-state index contributed by atoms with van der Waals surface area (Å²) in [4.78, 5) is 12.2. The van der Waals surface area contributed by atoms with Crippen molar-refractivity contribution in [3.05, 3.63) is 35.9 Å². The third-order valence-corrected chi connectivity index (χ3v) is 3.45. The molecule has 0 spiro atoms. The summed E-state index contributed by atoms with van der Waals surface area (Å²) < 4.78 is 5.23. The van der Waals surface area contributed by atoms with Gasteiger partial charge in [-0.25, -0.2) is 0 Å². The fraction of sp³-hybridized carbons (Fsp3) is 0.533. The summed E-state index contributed by atoms with van der Waals surface area (Å²) in [6.45, 7) is 3.29. The van der Waals surface area contributed by atoms with E-state index in [1.54, 1.807) is 0 Å². The lowest BCUT2D eigenvalue weighted by Gasteiger charge is -2.30. The number of carbonyl (C=O) groups excluding carboxylic acids is 1. The minimum absolute atomic E-state index is 0. The highest BCUT2D eigenvalue weighted by Gasteiger charge is 2.31. The van der Waals surface area contributed by atoms with Crippen LogP contribution in [0.1, 0.15) is 37.7 Å². The molecule has 2 atom stereocenters. The largest absolute Gasteiger partial charge is 0.465 e. The molecule has 1 aliphatic rings. The molecule has 0 radical (unpaired) electrons. The van der Waals surface area contributed by atoms with Gasteiger partial charge in [0.1, 0.15) is 0 Å². The summed E-state index contributed by atoms with van der Waals surface area (Å²) in [5.41, 5.74) is 1.05. The zero-order chi connectivity index (χ0) is 12.8. The Balaban J connectivity index is 0.00000180. The van der Waals surface area contributed by atoms with Crippen molar-refractivity contribution in [3.8, 4) is 0 Å². The third kappa shape index (κ3) is 4.22. The lowest BCUT2D eigenvalue weighted by atomic mass is 9.86. The van der Waals surface area contributed by atoms with Crippen molar-refractivity contribution in [2.45, 2.75) is 38.1 Å². The summed E-state index contributed by atoms with van der Waals surface area (Å²) in [6.07, 6.45) is 3.42. The fourth-order valence-corrected chi connectivity index (χ4v) is 2.59. The first-order valence-corrected chi connectivity index (χ1v) is 6.78. The van der Waals surface area contributed by atoms with E-state index in [0.717, 1.165) is 18.5 Å². The molecule has 4 heteroatoms. The molecule has 3 nitrogen and oxygen atoms in total. The van der Waals surface area contributed by atoms with Crippen LogP contribution < -0.4 is 5.32 Å². The maximum atomic E-state index is 12.2. The molecule has 106 valence electrons. The minimum Gasteiger partial charge on any atom is -0.465 e. The Bertz CT molecular complexity index is 377. The number of piperidine rings is 1. The summed E-state index contributed by atoms with van der Waals surface area (Å²) in [5, 5.41) is 3.46. The van der Waals surface area contributed by atoms with Gasteiger partial charge in [-0.3, -0.25) is 4.79 Å². The van der Waals surface area contributed by atoms with Crippen molar-refractivity contribution in [3.63, 3.8) is 0 Å². The van der Waals surface area contributed by atoms with Crippen LogP contribution in [-0.2, 0) is 9.53 Å². The highest BCUT2D eigenvalue weighted by atomic mass is 35.5. The molecule has 1 aliphatic heterocycles. The highest BCUT2D eigenvalue weighted by molar-refractivity contribution is 5.85. The van der Waals surface area contributed by atoms with Gasteiger partial charge < -0.3 is 10.1 Å². The number of hydrogen-bond donors (Lipinski definition) is 1. The van der Waals surface area contributed by atoms with Crippen LogP contribution in [0.3, 0.4) is 0 Å². The number of carbonyl (C=O) groups is 1.